The van der Waals surface area contributed by atoms with Crippen LogP contribution in [0.2, 0.25) is 0 Å². The molecule has 2 aromatic rings. The highest BCUT2D eigenvalue weighted by Gasteiger charge is 2.21. The summed E-state index contributed by atoms with van der Waals surface area (Å²) in [7, 11) is 0. The van der Waals surface area contributed by atoms with E-state index in [4.69, 9.17) is 4.74 Å². The Balaban J connectivity index is 1.98. The Morgan fingerprint density at radius 3 is 3.05 bits per heavy atom. The van der Waals surface area contributed by atoms with E-state index in [9.17, 15) is 9.90 Å². The van der Waals surface area contributed by atoms with E-state index < -0.39 is 5.97 Å². The first-order valence-electron chi connectivity index (χ1n) is 6.28. The zero-order chi connectivity index (χ0) is 13.4. The maximum absolute atomic E-state index is 11.3. The quantitative estimate of drug-likeness (QED) is 0.923. The lowest BCUT2D eigenvalue weighted by molar-refractivity contribution is 0.00612. The number of carboxylic acids is 1. The fourth-order valence-electron chi connectivity index (χ4n) is 2.54. The van der Waals surface area contributed by atoms with Crippen molar-refractivity contribution >= 4 is 43.5 Å². The molecule has 6 heteroatoms. The Morgan fingerprint density at radius 2 is 2.37 bits per heavy atom. The molecule has 1 fully saturated rings. The summed E-state index contributed by atoms with van der Waals surface area (Å²) in [4.78, 5) is 11.3. The number of ether oxygens (including phenoxy) is 1. The number of aromatic carboxylic acids is 1. The molecule has 0 amide bonds. The highest BCUT2D eigenvalue weighted by molar-refractivity contribution is 9.11. The minimum absolute atomic E-state index is 0.126. The molecule has 0 bridgehead atoms. The zero-order valence-electron chi connectivity index (χ0n) is 10.3. The fraction of sp³-hybridized carbons (Fsp3) is 0.462. The van der Waals surface area contributed by atoms with Crippen molar-refractivity contribution in [1.82, 2.24) is 4.57 Å². The third kappa shape index (κ3) is 2.57. The molecule has 0 aromatic carbocycles. The van der Waals surface area contributed by atoms with Gasteiger partial charge in [-0.15, -0.1) is 11.3 Å². The molecule has 1 aliphatic heterocycles. The second kappa shape index (κ2) is 5.26. The van der Waals surface area contributed by atoms with Crippen LogP contribution in [0.25, 0.3) is 10.2 Å². The number of halogens is 1. The van der Waals surface area contributed by atoms with Crippen molar-refractivity contribution in [3.8, 4) is 0 Å². The maximum atomic E-state index is 11.3. The minimum Gasteiger partial charge on any atom is -0.477 e. The van der Waals surface area contributed by atoms with Gasteiger partial charge in [-0.1, -0.05) is 0 Å². The topological polar surface area (TPSA) is 51.5 Å². The smallest absolute Gasteiger partial charge is 0.352 e. The van der Waals surface area contributed by atoms with E-state index in [0.717, 1.165) is 39.9 Å². The molecule has 0 aliphatic carbocycles. The SMILES string of the molecule is O=C(O)c1cc2sc(Br)cc2n1CC1CCCCO1. The lowest BCUT2D eigenvalue weighted by Gasteiger charge is -2.23. The third-order valence-electron chi connectivity index (χ3n) is 3.44. The van der Waals surface area contributed by atoms with Crippen molar-refractivity contribution in [2.24, 2.45) is 0 Å². The van der Waals surface area contributed by atoms with Crippen LogP contribution in [0.3, 0.4) is 0 Å². The average Bonchev–Trinajstić information content (AvgIpc) is 2.89. The van der Waals surface area contributed by atoms with Gasteiger partial charge >= 0.3 is 5.97 Å². The molecule has 1 aliphatic rings. The molecule has 1 unspecified atom stereocenters. The normalized spacial score (nSPS) is 19.9. The van der Waals surface area contributed by atoms with Crippen LogP contribution in [0.4, 0.5) is 0 Å². The number of carbonyl (C=O) groups is 1. The summed E-state index contributed by atoms with van der Waals surface area (Å²) in [6.45, 7) is 1.40. The van der Waals surface area contributed by atoms with Crippen molar-refractivity contribution in [3.05, 3.63) is 21.6 Å². The lowest BCUT2D eigenvalue weighted by Crippen LogP contribution is -2.25. The maximum Gasteiger partial charge on any atom is 0.352 e. The van der Waals surface area contributed by atoms with Gasteiger partial charge in [-0.05, 0) is 47.3 Å². The Labute approximate surface area is 123 Å². The van der Waals surface area contributed by atoms with Crippen LogP contribution in [-0.4, -0.2) is 28.4 Å². The van der Waals surface area contributed by atoms with E-state index in [1.54, 1.807) is 17.4 Å². The second-order valence-corrected chi connectivity index (χ2v) is 7.20. The fourth-order valence-corrected chi connectivity index (χ4v) is 4.11. The van der Waals surface area contributed by atoms with E-state index in [2.05, 4.69) is 15.9 Å². The number of fused-ring (bicyclic) bond motifs is 1. The molecule has 3 heterocycles. The summed E-state index contributed by atoms with van der Waals surface area (Å²) in [6, 6.07) is 3.73. The van der Waals surface area contributed by atoms with Crippen LogP contribution in [0.5, 0.6) is 0 Å². The van der Waals surface area contributed by atoms with Gasteiger partial charge in [0.1, 0.15) is 5.69 Å². The van der Waals surface area contributed by atoms with Crippen molar-refractivity contribution < 1.29 is 14.6 Å². The number of aromatic nitrogens is 1. The molecule has 0 saturated carbocycles. The third-order valence-corrected chi connectivity index (χ3v) is 5.01. The number of hydrogen-bond acceptors (Lipinski definition) is 3. The van der Waals surface area contributed by atoms with Gasteiger partial charge < -0.3 is 14.4 Å². The van der Waals surface area contributed by atoms with Crippen LogP contribution < -0.4 is 0 Å². The van der Waals surface area contributed by atoms with Gasteiger partial charge in [0.25, 0.3) is 0 Å². The van der Waals surface area contributed by atoms with Crippen molar-refractivity contribution in [2.75, 3.05) is 6.61 Å². The van der Waals surface area contributed by atoms with Crippen LogP contribution in [-0.2, 0) is 11.3 Å². The molecular formula is C13H14BrNO3S. The summed E-state index contributed by atoms with van der Waals surface area (Å²) < 4.78 is 9.61. The lowest BCUT2D eigenvalue weighted by atomic mass is 10.1. The largest absolute Gasteiger partial charge is 0.477 e. The predicted molar refractivity (Wildman–Crippen MR) is 78.1 cm³/mol. The van der Waals surface area contributed by atoms with Crippen LogP contribution in [0, 0.1) is 0 Å². The number of rotatable bonds is 3. The van der Waals surface area contributed by atoms with Gasteiger partial charge in [-0.2, -0.15) is 0 Å². The summed E-state index contributed by atoms with van der Waals surface area (Å²) in [5, 5.41) is 9.32. The van der Waals surface area contributed by atoms with E-state index in [1.807, 2.05) is 10.6 Å². The first-order chi connectivity index (χ1) is 9.15. The number of hydrogen-bond donors (Lipinski definition) is 1. The first kappa shape index (κ1) is 13.1. The van der Waals surface area contributed by atoms with E-state index in [1.165, 1.54) is 0 Å². The Hall–Kier alpha value is -0.850. The summed E-state index contributed by atoms with van der Waals surface area (Å²) in [5.74, 6) is -0.879. The summed E-state index contributed by atoms with van der Waals surface area (Å²) in [5.41, 5.74) is 1.33. The van der Waals surface area contributed by atoms with Crippen LogP contribution >= 0.6 is 27.3 Å². The van der Waals surface area contributed by atoms with Gasteiger partial charge in [0, 0.05) is 13.2 Å². The zero-order valence-corrected chi connectivity index (χ0v) is 12.7. The molecule has 1 saturated heterocycles. The molecule has 4 nitrogen and oxygen atoms in total. The van der Waals surface area contributed by atoms with E-state index >= 15 is 0 Å². The molecule has 3 rings (SSSR count). The highest BCUT2D eigenvalue weighted by Crippen LogP contribution is 2.33. The molecule has 1 atom stereocenters. The number of thiophene rings is 1. The molecule has 2 aromatic heterocycles. The minimum atomic E-state index is -0.879. The summed E-state index contributed by atoms with van der Waals surface area (Å²) in [6.07, 6.45) is 3.39. The molecule has 1 N–H and O–H groups in total. The predicted octanol–water partition coefficient (Wildman–Crippen LogP) is 3.73. The molecule has 102 valence electrons. The monoisotopic (exact) mass is 343 g/mol. The highest BCUT2D eigenvalue weighted by atomic mass is 79.9. The Morgan fingerprint density at radius 1 is 1.53 bits per heavy atom. The van der Waals surface area contributed by atoms with Gasteiger partial charge in [0.2, 0.25) is 0 Å². The average molecular weight is 344 g/mol. The molecule has 0 radical (unpaired) electrons. The van der Waals surface area contributed by atoms with E-state index in [-0.39, 0.29) is 6.10 Å². The number of carboxylic acid groups (broad SMARTS) is 1. The van der Waals surface area contributed by atoms with Crippen LogP contribution in [0.15, 0.2) is 15.9 Å². The van der Waals surface area contributed by atoms with Crippen LogP contribution in [0.1, 0.15) is 29.8 Å². The van der Waals surface area contributed by atoms with Crippen molar-refractivity contribution in [2.45, 2.75) is 31.9 Å². The van der Waals surface area contributed by atoms with Gasteiger partial charge in [0.05, 0.1) is 20.1 Å². The summed E-state index contributed by atoms with van der Waals surface area (Å²) >= 11 is 5.01. The molecule has 0 spiro atoms. The number of nitrogens with zero attached hydrogens (tertiary/aromatic N) is 1. The van der Waals surface area contributed by atoms with Gasteiger partial charge in [-0.25, -0.2) is 4.79 Å². The van der Waals surface area contributed by atoms with Crippen molar-refractivity contribution in [3.63, 3.8) is 0 Å². The Kier molecular flexibility index (Phi) is 3.64. The standard InChI is InChI=1S/C13H14BrNO3S/c14-12-6-9-11(19-12)5-10(13(16)17)15(9)7-8-3-1-2-4-18-8/h5-6,8H,1-4,7H2,(H,16,17). The van der Waals surface area contributed by atoms with E-state index in [0.29, 0.717) is 12.2 Å². The van der Waals surface area contributed by atoms with Crippen molar-refractivity contribution in [1.29, 1.82) is 0 Å². The first-order valence-corrected chi connectivity index (χ1v) is 7.89. The van der Waals surface area contributed by atoms with Gasteiger partial charge in [0.15, 0.2) is 0 Å². The molecule has 19 heavy (non-hydrogen) atoms. The second-order valence-electron chi connectivity index (χ2n) is 4.73. The van der Waals surface area contributed by atoms with Gasteiger partial charge in [-0.3, -0.25) is 0 Å². The molecular weight excluding hydrogens is 330 g/mol. The Bertz CT molecular complexity index is 613.